The molecule has 1 aliphatic rings. The SMILES string of the molecule is Cc1c(Cc2ccc(OCN3CCCCC3)cc2)c2ccc(O)cc2oc1=O. The van der Waals surface area contributed by atoms with Crippen molar-refractivity contribution in [1.29, 1.82) is 0 Å². The Morgan fingerprint density at radius 1 is 1.07 bits per heavy atom. The summed E-state index contributed by atoms with van der Waals surface area (Å²) in [5.41, 5.74) is 2.66. The van der Waals surface area contributed by atoms with Gasteiger partial charge < -0.3 is 14.3 Å². The Morgan fingerprint density at radius 3 is 2.57 bits per heavy atom. The Balaban J connectivity index is 1.51. The summed E-state index contributed by atoms with van der Waals surface area (Å²) in [5, 5.41) is 10.5. The maximum Gasteiger partial charge on any atom is 0.339 e. The van der Waals surface area contributed by atoms with Gasteiger partial charge in [-0.1, -0.05) is 18.6 Å². The topological polar surface area (TPSA) is 62.9 Å². The fraction of sp³-hybridized carbons (Fsp3) is 0.348. The van der Waals surface area contributed by atoms with Crippen molar-refractivity contribution in [3.63, 3.8) is 0 Å². The third-order valence-corrected chi connectivity index (χ3v) is 5.42. The van der Waals surface area contributed by atoms with Gasteiger partial charge in [0.15, 0.2) is 0 Å². The first kappa shape index (κ1) is 18.6. The first-order valence-corrected chi connectivity index (χ1v) is 9.79. The maximum absolute atomic E-state index is 12.2. The average Bonchev–Trinajstić information content (AvgIpc) is 2.71. The molecule has 4 rings (SSSR count). The van der Waals surface area contributed by atoms with Crippen LogP contribution in [0.2, 0.25) is 0 Å². The first-order chi connectivity index (χ1) is 13.6. The van der Waals surface area contributed by atoms with Crippen molar-refractivity contribution in [1.82, 2.24) is 4.90 Å². The van der Waals surface area contributed by atoms with E-state index in [1.165, 1.54) is 25.3 Å². The molecule has 0 amide bonds. The predicted molar refractivity (Wildman–Crippen MR) is 109 cm³/mol. The van der Waals surface area contributed by atoms with Crippen LogP contribution in [0.25, 0.3) is 11.0 Å². The van der Waals surface area contributed by atoms with Crippen LogP contribution in [0.5, 0.6) is 11.5 Å². The van der Waals surface area contributed by atoms with E-state index < -0.39 is 0 Å². The zero-order valence-electron chi connectivity index (χ0n) is 16.1. The second-order valence-electron chi connectivity index (χ2n) is 7.45. The van der Waals surface area contributed by atoms with Crippen molar-refractivity contribution in [3.8, 4) is 11.5 Å². The Hall–Kier alpha value is -2.79. The molecule has 0 radical (unpaired) electrons. The van der Waals surface area contributed by atoms with E-state index in [0.29, 0.717) is 24.3 Å². The number of hydrogen-bond donors (Lipinski definition) is 1. The number of likely N-dealkylation sites (tertiary alicyclic amines) is 1. The van der Waals surface area contributed by atoms with Gasteiger partial charge in [0.2, 0.25) is 0 Å². The number of phenols is 1. The van der Waals surface area contributed by atoms with Crippen LogP contribution in [-0.4, -0.2) is 29.8 Å². The highest BCUT2D eigenvalue weighted by Crippen LogP contribution is 2.26. The quantitative estimate of drug-likeness (QED) is 0.673. The largest absolute Gasteiger partial charge is 0.508 e. The summed E-state index contributed by atoms with van der Waals surface area (Å²) in [6, 6.07) is 12.9. The highest BCUT2D eigenvalue weighted by Gasteiger charge is 2.13. The van der Waals surface area contributed by atoms with Crippen molar-refractivity contribution < 1.29 is 14.3 Å². The maximum atomic E-state index is 12.2. The molecule has 146 valence electrons. The minimum absolute atomic E-state index is 0.0839. The lowest BCUT2D eigenvalue weighted by atomic mass is 9.98. The normalized spacial score (nSPS) is 15.0. The molecule has 1 N–H and O–H groups in total. The number of piperidine rings is 1. The van der Waals surface area contributed by atoms with Gasteiger partial charge in [-0.15, -0.1) is 0 Å². The van der Waals surface area contributed by atoms with Crippen LogP contribution in [0.3, 0.4) is 0 Å². The zero-order chi connectivity index (χ0) is 19.5. The van der Waals surface area contributed by atoms with E-state index in [-0.39, 0.29) is 11.4 Å². The van der Waals surface area contributed by atoms with Gasteiger partial charge in [0.05, 0.1) is 0 Å². The summed E-state index contributed by atoms with van der Waals surface area (Å²) < 4.78 is 11.2. The molecule has 0 bridgehead atoms. The molecule has 5 heteroatoms. The van der Waals surface area contributed by atoms with Gasteiger partial charge in [-0.2, -0.15) is 0 Å². The summed E-state index contributed by atoms with van der Waals surface area (Å²) in [6.45, 7) is 4.63. The fourth-order valence-corrected chi connectivity index (χ4v) is 3.74. The molecule has 0 spiro atoms. The van der Waals surface area contributed by atoms with Gasteiger partial charge in [-0.3, -0.25) is 4.90 Å². The molecule has 1 aromatic heterocycles. The monoisotopic (exact) mass is 379 g/mol. The van der Waals surface area contributed by atoms with Crippen molar-refractivity contribution in [2.45, 2.75) is 32.6 Å². The molecule has 1 fully saturated rings. The minimum Gasteiger partial charge on any atom is -0.508 e. The highest BCUT2D eigenvalue weighted by molar-refractivity contribution is 5.82. The Morgan fingerprint density at radius 2 is 1.82 bits per heavy atom. The molecular weight excluding hydrogens is 354 g/mol. The van der Waals surface area contributed by atoms with Gasteiger partial charge in [0, 0.05) is 30.1 Å². The minimum atomic E-state index is -0.366. The molecule has 1 aliphatic heterocycles. The van der Waals surface area contributed by atoms with Crippen LogP contribution < -0.4 is 10.4 Å². The second-order valence-corrected chi connectivity index (χ2v) is 7.45. The lowest BCUT2D eigenvalue weighted by Gasteiger charge is -2.26. The third-order valence-electron chi connectivity index (χ3n) is 5.42. The average molecular weight is 379 g/mol. The summed E-state index contributed by atoms with van der Waals surface area (Å²) in [7, 11) is 0. The Bertz CT molecular complexity index is 1020. The molecule has 0 aliphatic carbocycles. The zero-order valence-corrected chi connectivity index (χ0v) is 16.1. The molecule has 1 saturated heterocycles. The summed E-state index contributed by atoms with van der Waals surface area (Å²) in [4.78, 5) is 14.5. The van der Waals surface area contributed by atoms with E-state index in [2.05, 4.69) is 4.90 Å². The molecule has 0 atom stereocenters. The molecule has 0 unspecified atom stereocenters. The van der Waals surface area contributed by atoms with Gasteiger partial charge >= 0.3 is 5.63 Å². The van der Waals surface area contributed by atoms with Gasteiger partial charge in [0.1, 0.15) is 23.8 Å². The lowest BCUT2D eigenvalue weighted by molar-refractivity contribution is 0.106. The van der Waals surface area contributed by atoms with Gasteiger partial charge in [0.25, 0.3) is 0 Å². The molecule has 3 aromatic rings. The number of benzene rings is 2. The molecule has 2 heterocycles. The second kappa shape index (κ2) is 8.07. The highest BCUT2D eigenvalue weighted by atomic mass is 16.5. The van der Waals surface area contributed by atoms with E-state index in [1.54, 1.807) is 19.1 Å². The van der Waals surface area contributed by atoms with Gasteiger partial charge in [-0.25, -0.2) is 4.79 Å². The van der Waals surface area contributed by atoms with Crippen LogP contribution >= 0.6 is 0 Å². The Labute approximate surface area is 164 Å². The fourth-order valence-electron chi connectivity index (χ4n) is 3.74. The third kappa shape index (κ3) is 4.04. The van der Waals surface area contributed by atoms with Crippen LogP contribution in [0.1, 0.15) is 36.0 Å². The van der Waals surface area contributed by atoms with Crippen molar-refractivity contribution in [2.75, 3.05) is 19.8 Å². The summed E-state index contributed by atoms with van der Waals surface area (Å²) >= 11 is 0. The number of nitrogens with zero attached hydrogens (tertiary/aromatic N) is 1. The van der Waals surface area contributed by atoms with Gasteiger partial charge in [-0.05, 0) is 61.6 Å². The number of phenolic OH excluding ortho intramolecular Hbond substituents is 1. The Kier molecular flexibility index (Phi) is 5.35. The van der Waals surface area contributed by atoms with Crippen LogP contribution in [0.15, 0.2) is 51.7 Å². The van der Waals surface area contributed by atoms with Crippen molar-refractivity contribution in [3.05, 3.63) is 69.6 Å². The lowest BCUT2D eigenvalue weighted by Crippen LogP contribution is -2.33. The molecule has 0 saturated carbocycles. The molecule has 5 nitrogen and oxygen atoms in total. The summed E-state index contributed by atoms with van der Waals surface area (Å²) in [5.74, 6) is 0.939. The van der Waals surface area contributed by atoms with E-state index in [0.717, 1.165) is 35.4 Å². The predicted octanol–water partition coefficient (Wildman–Crippen LogP) is 4.22. The number of hydrogen-bond acceptors (Lipinski definition) is 5. The summed E-state index contributed by atoms with van der Waals surface area (Å²) in [6.07, 6.45) is 4.43. The smallest absolute Gasteiger partial charge is 0.339 e. The van der Waals surface area contributed by atoms with Crippen LogP contribution in [0.4, 0.5) is 0 Å². The first-order valence-electron chi connectivity index (χ1n) is 9.79. The number of ether oxygens (including phenoxy) is 1. The standard InChI is InChI=1S/C23H25NO4/c1-16-21(20-10-7-18(25)14-22(20)28-23(16)26)13-17-5-8-19(9-6-17)27-15-24-11-3-2-4-12-24/h5-10,14,25H,2-4,11-13,15H2,1H3. The number of rotatable bonds is 5. The van der Waals surface area contributed by atoms with E-state index in [4.69, 9.17) is 9.15 Å². The number of fused-ring (bicyclic) bond motifs is 1. The molecule has 28 heavy (non-hydrogen) atoms. The van der Waals surface area contributed by atoms with Crippen LogP contribution in [0, 0.1) is 6.92 Å². The van der Waals surface area contributed by atoms with E-state index >= 15 is 0 Å². The number of aromatic hydroxyl groups is 1. The van der Waals surface area contributed by atoms with Crippen molar-refractivity contribution >= 4 is 11.0 Å². The molecule has 2 aromatic carbocycles. The van der Waals surface area contributed by atoms with E-state index in [1.807, 2.05) is 24.3 Å². The molecular formula is C23H25NO4. The van der Waals surface area contributed by atoms with Crippen molar-refractivity contribution in [2.24, 2.45) is 0 Å². The van der Waals surface area contributed by atoms with Crippen LogP contribution in [-0.2, 0) is 6.42 Å². The van der Waals surface area contributed by atoms with E-state index in [9.17, 15) is 9.90 Å².